The van der Waals surface area contributed by atoms with E-state index in [0.29, 0.717) is 19.1 Å². The van der Waals surface area contributed by atoms with Gasteiger partial charge in [-0.3, -0.25) is 0 Å². The summed E-state index contributed by atoms with van der Waals surface area (Å²) in [5.41, 5.74) is 0. The van der Waals surface area contributed by atoms with Crippen molar-refractivity contribution in [2.75, 3.05) is 31.6 Å². The van der Waals surface area contributed by atoms with E-state index >= 15 is 0 Å². The Bertz CT molecular complexity index is 361. The molecule has 5 nitrogen and oxygen atoms in total. The largest absolute Gasteiger partial charge is 0.313 e. The van der Waals surface area contributed by atoms with Crippen LogP contribution in [0.25, 0.3) is 0 Å². The maximum atomic E-state index is 12.4. The molecule has 0 amide bonds. The van der Waals surface area contributed by atoms with Gasteiger partial charge in [0.2, 0.25) is 0 Å². The standard InChI is InChI=1S/C13H29N3O2S2/c1-12(2)14-11-13-7-4-5-9-16(13)20(17,18)15-8-6-10-19-3/h12-15H,4-11H2,1-3H3. The van der Waals surface area contributed by atoms with Gasteiger partial charge in [-0.2, -0.15) is 24.5 Å². The molecule has 1 aliphatic rings. The number of piperidine rings is 1. The molecule has 0 aromatic rings. The minimum absolute atomic E-state index is 0.0872. The van der Waals surface area contributed by atoms with Gasteiger partial charge in [0.05, 0.1) is 0 Å². The molecule has 0 saturated carbocycles. The summed E-state index contributed by atoms with van der Waals surface area (Å²) in [6, 6.07) is 0.472. The first-order valence-electron chi connectivity index (χ1n) is 7.46. The number of nitrogens with zero attached hydrogens (tertiary/aromatic N) is 1. The highest BCUT2D eigenvalue weighted by molar-refractivity contribution is 7.98. The number of rotatable bonds is 9. The molecule has 0 bridgehead atoms. The summed E-state index contributed by atoms with van der Waals surface area (Å²) >= 11 is 1.74. The summed E-state index contributed by atoms with van der Waals surface area (Å²) in [5, 5.41) is 3.36. The maximum absolute atomic E-state index is 12.4. The van der Waals surface area contributed by atoms with E-state index in [9.17, 15) is 8.42 Å². The second-order valence-electron chi connectivity index (χ2n) is 5.57. The topological polar surface area (TPSA) is 61.4 Å². The fraction of sp³-hybridized carbons (Fsp3) is 1.00. The molecule has 2 N–H and O–H groups in total. The fourth-order valence-electron chi connectivity index (χ4n) is 2.37. The molecule has 1 rings (SSSR count). The van der Waals surface area contributed by atoms with Crippen molar-refractivity contribution >= 4 is 22.0 Å². The van der Waals surface area contributed by atoms with E-state index in [1.54, 1.807) is 16.1 Å². The summed E-state index contributed by atoms with van der Waals surface area (Å²) in [7, 11) is -3.33. The Morgan fingerprint density at radius 3 is 2.75 bits per heavy atom. The monoisotopic (exact) mass is 323 g/mol. The first-order chi connectivity index (χ1) is 9.47. The highest BCUT2D eigenvalue weighted by Gasteiger charge is 2.31. The SMILES string of the molecule is CSCCCNS(=O)(=O)N1CCCCC1CNC(C)C. The highest BCUT2D eigenvalue weighted by atomic mass is 32.2. The average molecular weight is 324 g/mol. The molecule has 1 fully saturated rings. The van der Waals surface area contributed by atoms with E-state index in [-0.39, 0.29) is 6.04 Å². The van der Waals surface area contributed by atoms with Crippen LogP contribution in [0, 0.1) is 0 Å². The Labute approximate surface area is 128 Å². The van der Waals surface area contributed by atoms with Crippen LogP contribution in [0.5, 0.6) is 0 Å². The number of hydrogen-bond donors (Lipinski definition) is 2. The quantitative estimate of drug-likeness (QED) is 0.630. The van der Waals surface area contributed by atoms with Gasteiger partial charge in [-0.15, -0.1) is 0 Å². The molecule has 120 valence electrons. The predicted octanol–water partition coefficient (Wildman–Crippen LogP) is 1.43. The van der Waals surface area contributed by atoms with Crippen molar-refractivity contribution < 1.29 is 8.42 Å². The van der Waals surface area contributed by atoms with Crippen LogP contribution in [0.2, 0.25) is 0 Å². The third-order valence-corrected chi connectivity index (χ3v) is 5.82. The second-order valence-corrected chi connectivity index (χ2v) is 8.26. The zero-order valence-electron chi connectivity index (χ0n) is 12.9. The van der Waals surface area contributed by atoms with Crippen molar-refractivity contribution in [1.82, 2.24) is 14.3 Å². The van der Waals surface area contributed by atoms with Crippen LogP contribution in [0.3, 0.4) is 0 Å². The average Bonchev–Trinajstić information content (AvgIpc) is 2.41. The lowest BCUT2D eigenvalue weighted by atomic mass is 10.0. The van der Waals surface area contributed by atoms with Crippen LogP contribution < -0.4 is 10.0 Å². The molecule has 1 unspecified atom stereocenters. The molecule has 20 heavy (non-hydrogen) atoms. The summed E-state index contributed by atoms with van der Waals surface area (Å²) in [5.74, 6) is 0.987. The van der Waals surface area contributed by atoms with Crippen molar-refractivity contribution in [3.05, 3.63) is 0 Å². The maximum Gasteiger partial charge on any atom is 0.279 e. The van der Waals surface area contributed by atoms with Gasteiger partial charge in [-0.05, 0) is 31.3 Å². The molecule has 1 aliphatic heterocycles. The third-order valence-electron chi connectivity index (χ3n) is 3.45. The number of nitrogens with one attached hydrogen (secondary N) is 2. The Hall–Kier alpha value is 0.180. The first kappa shape index (κ1) is 18.2. The van der Waals surface area contributed by atoms with Crippen LogP contribution in [0.4, 0.5) is 0 Å². The molecule has 0 aliphatic carbocycles. The van der Waals surface area contributed by atoms with E-state index in [0.717, 1.165) is 38.0 Å². The Balaban J connectivity index is 2.53. The summed E-state index contributed by atoms with van der Waals surface area (Å²) in [4.78, 5) is 0. The van der Waals surface area contributed by atoms with Crippen molar-refractivity contribution in [1.29, 1.82) is 0 Å². The molecular formula is C13H29N3O2S2. The van der Waals surface area contributed by atoms with Crippen LogP contribution in [0.15, 0.2) is 0 Å². The van der Waals surface area contributed by atoms with Gasteiger partial charge in [-0.25, -0.2) is 4.72 Å². The van der Waals surface area contributed by atoms with Gasteiger partial charge < -0.3 is 5.32 Å². The molecule has 0 spiro atoms. The normalized spacial score (nSPS) is 21.5. The zero-order chi connectivity index (χ0) is 15.0. The Morgan fingerprint density at radius 2 is 2.10 bits per heavy atom. The first-order valence-corrected chi connectivity index (χ1v) is 10.3. The van der Waals surface area contributed by atoms with Crippen LogP contribution in [0.1, 0.15) is 39.5 Å². The smallest absolute Gasteiger partial charge is 0.279 e. The summed E-state index contributed by atoms with van der Waals surface area (Å²) in [6.07, 6.45) is 5.94. The van der Waals surface area contributed by atoms with E-state index < -0.39 is 10.2 Å². The van der Waals surface area contributed by atoms with Crippen molar-refractivity contribution in [3.8, 4) is 0 Å². The molecule has 1 saturated heterocycles. The lowest BCUT2D eigenvalue weighted by molar-refractivity contribution is 0.239. The fourth-order valence-corrected chi connectivity index (χ4v) is 4.31. The number of hydrogen-bond acceptors (Lipinski definition) is 4. The van der Waals surface area contributed by atoms with E-state index in [2.05, 4.69) is 23.9 Å². The van der Waals surface area contributed by atoms with Crippen molar-refractivity contribution in [2.45, 2.75) is 51.6 Å². The van der Waals surface area contributed by atoms with Gasteiger partial charge in [0, 0.05) is 31.7 Å². The van der Waals surface area contributed by atoms with Crippen LogP contribution in [-0.2, 0) is 10.2 Å². The van der Waals surface area contributed by atoms with Gasteiger partial charge in [0.15, 0.2) is 0 Å². The molecule has 0 radical (unpaired) electrons. The molecule has 1 heterocycles. The number of thioether (sulfide) groups is 1. The van der Waals surface area contributed by atoms with Crippen molar-refractivity contribution in [2.24, 2.45) is 0 Å². The minimum atomic E-state index is -3.33. The molecule has 0 aromatic heterocycles. The molecule has 1 atom stereocenters. The Kier molecular flexibility index (Phi) is 8.43. The molecule has 0 aromatic carbocycles. The van der Waals surface area contributed by atoms with E-state index in [4.69, 9.17) is 0 Å². The van der Waals surface area contributed by atoms with Gasteiger partial charge >= 0.3 is 0 Å². The summed E-state index contributed by atoms with van der Waals surface area (Å²) < 4.78 is 29.2. The van der Waals surface area contributed by atoms with Gasteiger partial charge in [-0.1, -0.05) is 20.3 Å². The second kappa shape index (κ2) is 9.25. The van der Waals surface area contributed by atoms with Crippen LogP contribution in [-0.4, -0.2) is 56.4 Å². The predicted molar refractivity (Wildman–Crippen MR) is 87.4 cm³/mol. The van der Waals surface area contributed by atoms with E-state index in [1.165, 1.54) is 0 Å². The molecular weight excluding hydrogens is 294 g/mol. The highest BCUT2D eigenvalue weighted by Crippen LogP contribution is 2.19. The summed E-state index contributed by atoms with van der Waals surface area (Å²) in [6.45, 7) is 6.08. The van der Waals surface area contributed by atoms with Gasteiger partial charge in [0.25, 0.3) is 10.2 Å². The minimum Gasteiger partial charge on any atom is -0.313 e. The van der Waals surface area contributed by atoms with Gasteiger partial charge in [0.1, 0.15) is 0 Å². The molecule has 7 heteroatoms. The van der Waals surface area contributed by atoms with Crippen LogP contribution >= 0.6 is 11.8 Å². The lowest BCUT2D eigenvalue weighted by Gasteiger charge is -2.35. The Morgan fingerprint density at radius 1 is 1.35 bits per heavy atom. The lowest BCUT2D eigenvalue weighted by Crippen LogP contribution is -2.53. The van der Waals surface area contributed by atoms with E-state index in [1.807, 2.05) is 6.26 Å². The van der Waals surface area contributed by atoms with Crippen molar-refractivity contribution in [3.63, 3.8) is 0 Å². The third kappa shape index (κ3) is 6.30. The zero-order valence-corrected chi connectivity index (χ0v) is 14.5.